The summed E-state index contributed by atoms with van der Waals surface area (Å²) in [6, 6.07) is 0. The quantitative estimate of drug-likeness (QED) is 0.836. The highest BCUT2D eigenvalue weighted by Crippen LogP contribution is 2.22. The Morgan fingerprint density at radius 3 is 2.78 bits per heavy atom. The first-order chi connectivity index (χ1) is 8.45. The Morgan fingerprint density at radius 1 is 1.56 bits per heavy atom. The maximum Gasteiger partial charge on any atom is 0.243 e. The lowest BCUT2D eigenvalue weighted by Gasteiger charge is -2.05. The summed E-state index contributed by atoms with van der Waals surface area (Å²) in [6.45, 7) is 9.37. The van der Waals surface area contributed by atoms with Gasteiger partial charge >= 0.3 is 0 Å². The number of carbonyl (C=O) groups excluding carboxylic acids is 1. The van der Waals surface area contributed by atoms with Gasteiger partial charge in [0.15, 0.2) is 0 Å². The van der Waals surface area contributed by atoms with E-state index in [1.165, 1.54) is 6.08 Å². The van der Waals surface area contributed by atoms with E-state index in [0.29, 0.717) is 17.6 Å². The Balaban J connectivity index is 2.89. The van der Waals surface area contributed by atoms with Crippen molar-refractivity contribution in [2.45, 2.75) is 34.2 Å². The summed E-state index contributed by atoms with van der Waals surface area (Å²) in [4.78, 5) is 11.4. The number of likely N-dealkylation sites (N-methyl/N-ethyl adjacent to an activating group) is 1. The van der Waals surface area contributed by atoms with Gasteiger partial charge in [-0.05, 0) is 25.8 Å². The zero-order valence-corrected chi connectivity index (χ0v) is 12.1. The van der Waals surface area contributed by atoms with Crippen LogP contribution in [0.4, 0.5) is 0 Å². The van der Waals surface area contributed by atoms with Crippen molar-refractivity contribution in [3.63, 3.8) is 0 Å². The van der Waals surface area contributed by atoms with E-state index in [9.17, 15) is 4.79 Å². The predicted octanol–water partition coefficient (Wildman–Crippen LogP) is 2.65. The van der Waals surface area contributed by atoms with Crippen LogP contribution in [0.3, 0.4) is 0 Å². The summed E-state index contributed by atoms with van der Waals surface area (Å²) >= 11 is 6.25. The lowest BCUT2D eigenvalue weighted by molar-refractivity contribution is -0.116. The number of aromatic nitrogens is 2. The van der Waals surface area contributed by atoms with Gasteiger partial charge in [0.25, 0.3) is 0 Å². The van der Waals surface area contributed by atoms with Gasteiger partial charge in [0, 0.05) is 24.7 Å². The summed E-state index contributed by atoms with van der Waals surface area (Å²) in [5.41, 5.74) is 1.64. The molecule has 0 aliphatic rings. The van der Waals surface area contributed by atoms with Crippen molar-refractivity contribution in [3.05, 3.63) is 22.5 Å². The molecule has 1 amide bonds. The van der Waals surface area contributed by atoms with Gasteiger partial charge in [-0.1, -0.05) is 25.4 Å². The number of aryl methyl sites for hydroxylation is 1. The van der Waals surface area contributed by atoms with Gasteiger partial charge in [-0.15, -0.1) is 0 Å². The molecule has 0 bridgehead atoms. The van der Waals surface area contributed by atoms with Crippen LogP contribution >= 0.6 is 11.6 Å². The lowest BCUT2D eigenvalue weighted by Crippen LogP contribution is -2.19. The molecule has 0 aliphatic carbocycles. The van der Waals surface area contributed by atoms with Gasteiger partial charge < -0.3 is 5.32 Å². The molecule has 1 N–H and O–H groups in total. The second-order valence-corrected chi connectivity index (χ2v) is 4.95. The SMILES string of the molecule is CCNC(=O)/C=C/c1c(C)nn(CC(C)C)c1Cl. The third-order valence-corrected chi connectivity index (χ3v) is 2.80. The van der Waals surface area contributed by atoms with Crippen molar-refractivity contribution >= 4 is 23.6 Å². The number of amides is 1. The van der Waals surface area contributed by atoms with E-state index in [4.69, 9.17) is 11.6 Å². The maximum absolute atomic E-state index is 11.4. The largest absolute Gasteiger partial charge is 0.353 e. The van der Waals surface area contributed by atoms with Gasteiger partial charge in [-0.25, -0.2) is 0 Å². The summed E-state index contributed by atoms with van der Waals surface area (Å²) in [6.07, 6.45) is 3.20. The first-order valence-corrected chi connectivity index (χ1v) is 6.52. The van der Waals surface area contributed by atoms with Gasteiger partial charge in [0.2, 0.25) is 5.91 Å². The molecule has 1 aromatic rings. The fourth-order valence-corrected chi connectivity index (χ4v) is 1.92. The Kier molecular flexibility index (Phi) is 5.41. The van der Waals surface area contributed by atoms with E-state index >= 15 is 0 Å². The van der Waals surface area contributed by atoms with Crippen molar-refractivity contribution in [2.75, 3.05) is 6.54 Å². The minimum Gasteiger partial charge on any atom is -0.353 e. The predicted molar refractivity (Wildman–Crippen MR) is 74.5 cm³/mol. The number of halogens is 1. The van der Waals surface area contributed by atoms with Crippen molar-refractivity contribution in [2.24, 2.45) is 5.92 Å². The molecule has 1 aromatic heterocycles. The van der Waals surface area contributed by atoms with Crippen molar-refractivity contribution in [1.82, 2.24) is 15.1 Å². The third-order valence-electron chi connectivity index (χ3n) is 2.40. The minimum absolute atomic E-state index is 0.121. The minimum atomic E-state index is -0.121. The van der Waals surface area contributed by atoms with Crippen LogP contribution in [0.1, 0.15) is 32.0 Å². The van der Waals surface area contributed by atoms with Crippen molar-refractivity contribution < 1.29 is 4.79 Å². The summed E-state index contributed by atoms with van der Waals surface area (Å²) in [7, 11) is 0. The van der Waals surface area contributed by atoms with E-state index < -0.39 is 0 Å². The average Bonchev–Trinajstić information content (AvgIpc) is 2.52. The summed E-state index contributed by atoms with van der Waals surface area (Å²) in [5, 5.41) is 7.66. The van der Waals surface area contributed by atoms with E-state index in [2.05, 4.69) is 24.3 Å². The van der Waals surface area contributed by atoms with Crippen molar-refractivity contribution in [3.8, 4) is 0 Å². The molecule has 4 nitrogen and oxygen atoms in total. The normalized spacial score (nSPS) is 11.4. The van der Waals surface area contributed by atoms with Gasteiger partial charge in [-0.2, -0.15) is 5.10 Å². The molecule has 0 saturated carbocycles. The molecule has 18 heavy (non-hydrogen) atoms. The molecule has 0 spiro atoms. The van der Waals surface area contributed by atoms with Gasteiger partial charge in [0.1, 0.15) is 5.15 Å². The summed E-state index contributed by atoms with van der Waals surface area (Å²) in [5.74, 6) is 0.353. The molecule has 5 heteroatoms. The molecule has 0 fully saturated rings. The molecular formula is C13H20ClN3O. The molecule has 1 heterocycles. The highest BCUT2D eigenvalue weighted by atomic mass is 35.5. The highest BCUT2D eigenvalue weighted by Gasteiger charge is 2.12. The number of nitrogens with zero attached hydrogens (tertiary/aromatic N) is 2. The van der Waals surface area contributed by atoms with Crippen LogP contribution in [0.25, 0.3) is 6.08 Å². The Hall–Kier alpha value is -1.29. The van der Waals surface area contributed by atoms with Crippen LogP contribution in [0.5, 0.6) is 0 Å². The molecule has 0 aliphatic heterocycles. The molecule has 0 radical (unpaired) electrons. The Bertz CT molecular complexity index is 449. The molecule has 0 saturated heterocycles. The maximum atomic E-state index is 11.4. The number of carbonyl (C=O) groups is 1. The second-order valence-electron chi connectivity index (χ2n) is 4.59. The van der Waals surface area contributed by atoms with Crippen LogP contribution in [0, 0.1) is 12.8 Å². The second kappa shape index (κ2) is 6.59. The Morgan fingerprint density at radius 2 is 2.22 bits per heavy atom. The van der Waals surface area contributed by atoms with Crippen LogP contribution in [-0.4, -0.2) is 22.2 Å². The average molecular weight is 270 g/mol. The van der Waals surface area contributed by atoms with Crippen LogP contribution in [-0.2, 0) is 11.3 Å². The molecule has 0 atom stereocenters. The number of nitrogens with one attached hydrogen (secondary N) is 1. The first-order valence-electron chi connectivity index (χ1n) is 6.14. The standard InChI is InChI=1S/C13H20ClN3O/c1-5-15-12(18)7-6-11-10(4)16-17(13(11)14)8-9(2)3/h6-7,9H,5,8H2,1-4H3,(H,15,18)/b7-6+. The zero-order chi connectivity index (χ0) is 13.7. The van der Waals surface area contributed by atoms with E-state index in [1.807, 2.05) is 13.8 Å². The lowest BCUT2D eigenvalue weighted by atomic mass is 10.2. The van der Waals surface area contributed by atoms with Crippen LogP contribution in [0.15, 0.2) is 6.08 Å². The number of hydrogen-bond acceptors (Lipinski definition) is 2. The van der Waals surface area contributed by atoms with Crippen molar-refractivity contribution in [1.29, 1.82) is 0 Å². The van der Waals surface area contributed by atoms with Gasteiger partial charge in [0.05, 0.1) is 5.69 Å². The third kappa shape index (κ3) is 3.88. The molecule has 0 aromatic carbocycles. The van der Waals surface area contributed by atoms with E-state index in [0.717, 1.165) is 17.8 Å². The van der Waals surface area contributed by atoms with E-state index in [-0.39, 0.29) is 5.91 Å². The first kappa shape index (κ1) is 14.8. The fraction of sp³-hybridized carbons (Fsp3) is 0.538. The van der Waals surface area contributed by atoms with Gasteiger partial charge in [-0.3, -0.25) is 9.48 Å². The van der Waals surface area contributed by atoms with E-state index in [1.54, 1.807) is 10.8 Å². The van der Waals surface area contributed by atoms with Crippen LogP contribution in [0.2, 0.25) is 5.15 Å². The number of hydrogen-bond donors (Lipinski definition) is 1. The molecule has 1 rings (SSSR count). The molecule has 100 valence electrons. The topological polar surface area (TPSA) is 46.9 Å². The highest BCUT2D eigenvalue weighted by molar-refractivity contribution is 6.31. The fourth-order valence-electron chi connectivity index (χ4n) is 1.62. The molecule has 0 unspecified atom stereocenters. The zero-order valence-electron chi connectivity index (χ0n) is 11.3. The Labute approximate surface area is 113 Å². The number of rotatable bonds is 5. The van der Waals surface area contributed by atoms with Crippen LogP contribution < -0.4 is 5.32 Å². The monoisotopic (exact) mass is 269 g/mol. The molecular weight excluding hydrogens is 250 g/mol. The summed E-state index contributed by atoms with van der Waals surface area (Å²) < 4.78 is 1.78. The smallest absolute Gasteiger partial charge is 0.243 e.